The zero-order valence-electron chi connectivity index (χ0n) is 9.07. The summed E-state index contributed by atoms with van der Waals surface area (Å²) < 4.78 is 0. The fourth-order valence-electron chi connectivity index (χ4n) is 3.83. The minimum atomic E-state index is 0.540. The van der Waals surface area contributed by atoms with Crippen LogP contribution in [0.4, 0.5) is 0 Å². The molecule has 0 aromatic rings. The molecule has 13 heavy (non-hydrogen) atoms. The second-order valence-electron chi connectivity index (χ2n) is 5.60. The Balaban J connectivity index is 2.09. The minimum Gasteiger partial charge on any atom is -0.126 e. The summed E-state index contributed by atoms with van der Waals surface area (Å²) in [6, 6.07) is 0. The van der Waals surface area contributed by atoms with Crippen LogP contribution < -0.4 is 0 Å². The molecule has 0 aromatic carbocycles. The molecule has 0 amide bonds. The van der Waals surface area contributed by atoms with E-state index >= 15 is 0 Å². The van der Waals surface area contributed by atoms with Gasteiger partial charge in [0.1, 0.15) is 0 Å². The van der Waals surface area contributed by atoms with E-state index in [2.05, 4.69) is 20.8 Å². The molecule has 1 heteroatoms. The molecule has 0 nitrogen and oxygen atoms in total. The highest BCUT2D eigenvalue weighted by atomic mass is 35.5. The molecular weight excluding hydrogens is 180 g/mol. The summed E-state index contributed by atoms with van der Waals surface area (Å²) >= 11 is 6.04. The fourth-order valence-corrected chi connectivity index (χ4v) is 4.51. The molecule has 2 aliphatic carbocycles. The predicted octanol–water partition coefficient (Wildman–Crippen LogP) is 4.08. The maximum atomic E-state index is 6.04. The van der Waals surface area contributed by atoms with Crippen molar-refractivity contribution in [3.8, 4) is 0 Å². The highest BCUT2D eigenvalue weighted by molar-refractivity contribution is 6.18. The van der Waals surface area contributed by atoms with Crippen LogP contribution in [0.15, 0.2) is 0 Å². The molecule has 0 N–H and O–H groups in total. The van der Waals surface area contributed by atoms with E-state index in [0.717, 1.165) is 17.7 Å². The van der Waals surface area contributed by atoms with Crippen LogP contribution in [0, 0.1) is 22.7 Å². The molecule has 2 rings (SSSR count). The van der Waals surface area contributed by atoms with Crippen LogP contribution in [-0.4, -0.2) is 5.88 Å². The van der Waals surface area contributed by atoms with Crippen LogP contribution in [0.2, 0.25) is 0 Å². The van der Waals surface area contributed by atoms with Crippen LogP contribution in [0.25, 0.3) is 0 Å². The molecule has 1 spiro atoms. The first-order chi connectivity index (χ1) is 6.08. The largest absolute Gasteiger partial charge is 0.126 e. The van der Waals surface area contributed by atoms with E-state index in [1.165, 1.54) is 25.7 Å². The average molecular weight is 201 g/mol. The van der Waals surface area contributed by atoms with Gasteiger partial charge in [-0.05, 0) is 41.9 Å². The summed E-state index contributed by atoms with van der Waals surface area (Å²) in [7, 11) is 0. The Labute approximate surface area is 87.0 Å². The van der Waals surface area contributed by atoms with Gasteiger partial charge in [-0.25, -0.2) is 0 Å². The Morgan fingerprint density at radius 2 is 2.08 bits per heavy atom. The monoisotopic (exact) mass is 200 g/mol. The third-order valence-electron chi connectivity index (χ3n) is 5.12. The van der Waals surface area contributed by atoms with Crippen molar-refractivity contribution in [2.24, 2.45) is 22.7 Å². The molecule has 0 heterocycles. The molecule has 2 fully saturated rings. The van der Waals surface area contributed by atoms with E-state index in [0.29, 0.717) is 10.8 Å². The lowest BCUT2D eigenvalue weighted by Crippen LogP contribution is -2.04. The first-order valence-corrected chi connectivity index (χ1v) is 6.18. The van der Waals surface area contributed by atoms with Crippen molar-refractivity contribution >= 4 is 11.6 Å². The zero-order chi connectivity index (χ0) is 9.69. The Kier molecular flexibility index (Phi) is 2.18. The summed E-state index contributed by atoms with van der Waals surface area (Å²) in [5.41, 5.74) is 1.19. The van der Waals surface area contributed by atoms with Gasteiger partial charge >= 0.3 is 0 Å². The van der Waals surface area contributed by atoms with E-state index < -0.39 is 0 Å². The van der Waals surface area contributed by atoms with E-state index in [4.69, 9.17) is 11.6 Å². The van der Waals surface area contributed by atoms with Crippen molar-refractivity contribution in [1.82, 2.24) is 0 Å². The maximum Gasteiger partial charge on any atom is 0.0262 e. The summed E-state index contributed by atoms with van der Waals surface area (Å²) in [4.78, 5) is 0. The van der Waals surface area contributed by atoms with Gasteiger partial charge in [-0.2, -0.15) is 0 Å². The Hall–Kier alpha value is 0.290. The molecular formula is C12H21Cl. The quantitative estimate of drug-likeness (QED) is 0.590. The van der Waals surface area contributed by atoms with Crippen molar-refractivity contribution in [3.05, 3.63) is 0 Å². The Morgan fingerprint density at radius 1 is 1.38 bits per heavy atom. The topological polar surface area (TPSA) is 0 Å². The number of alkyl halides is 1. The van der Waals surface area contributed by atoms with Crippen molar-refractivity contribution in [3.63, 3.8) is 0 Å². The molecule has 0 aromatic heterocycles. The Bertz CT molecular complexity index is 209. The van der Waals surface area contributed by atoms with Crippen molar-refractivity contribution < 1.29 is 0 Å². The lowest BCUT2D eigenvalue weighted by Gasteiger charge is -2.12. The Morgan fingerprint density at radius 3 is 2.46 bits per heavy atom. The molecule has 0 saturated heterocycles. The minimum absolute atomic E-state index is 0.540. The first kappa shape index (κ1) is 9.83. The number of rotatable bonds is 2. The summed E-state index contributed by atoms with van der Waals surface area (Å²) in [5, 5.41) is 0. The summed E-state index contributed by atoms with van der Waals surface area (Å²) in [5.74, 6) is 2.68. The summed E-state index contributed by atoms with van der Waals surface area (Å²) in [6.45, 7) is 7.16. The second-order valence-corrected chi connectivity index (χ2v) is 5.91. The molecule has 2 saturated carbocycles. The average Bonchev–Trinajstić information content (AvgIpc) is 2.49. The molecule has 0 aliphatic heterocycles. The lowest BCUT2D eigenvalue weighted by molar-refractivity contribution is 0.370. The standard InChI is InChI=1S/C12H21Cl/c1-4-9-5-6-12(7-9)10(8-13)11(12,2)3/h9-10H,4-8H2,1-3H3. The van der Waals surface area contributed by atoms with Gasteiger partial charge in [-0.1, -0.05) is 27.2 Å². The van der Waals surface area contributed by atoms with Crippen molar-refractivity contribution in [1.29, 1.82) is 0 Å². The molecule has 3 unspecified atom stereocenters. The van der Waals surface area contributed by atoms with E-state index in [1.54, 1.807) is 0 Å². The fraction of sp³-hybridized carbons (Fsp3) is 1.00. The van der Waals surface area contributed by atoms with Crippen LogP contribution in [-0.2, 0) is 0 Å². The van der Waals surface area contributed by atoms with Crippen LogP contribution >= 0.6 is 11.6 Å². The smallest absolute Gasteiger partial charge is 0.0262 e. The summed E-state index contributed by atoms with van der Waals surface area (Å²) in [6.07, 6.45) is 5.71. The van der Waals surface area contributed by atoms with Crippen molar-refractivity contribution in [2.75, 3.05) is 5.88 Å². The highest BCUT2D eigenvalue weighted by Gasteiger charge is 2.70. The first-order valence-electron chi connectivity index (χ1n) is 5.64. The molecule has 0 radical (unpaired) electrons. The van der Waals surface area contributed by atoms with Gasteiger partial charge in [-0.3, -0.25) is 0 Å². The number of hydrogen-bond acceptors (Lipinski definition) is 0. The predicted molar refractivity (Wildman–Crippen MR) is 58.1 cm³/mol. The van der Waals surface area contributed by atoms with Gasteiger partial charge in [-0.15, -0.1) is 11.6 Å². The highest BCUT2D eigenvalue weighted by Crippen LogP contribution is 2.76. The SMILES string of the molecule is CCC1CCC2(C1)C(CCl)C2(C)C. The van der Waals surface area contributed by atoms with Gasteiger partial charge in [0.15, 0.2) is 0 Å². The number of halogens is 1. The molecule has 0 bridgehead atoms. The van der Waals surface area contributed by atoms with Gasteiger partial charge in [0, 0.05) is 5.88 Å². The van der Waals surface area contributed by atoms with Gasteiger partial charge < -0.3 is 0 Å². The van der Waals surface area contributed by atoms with Crippen LogP contribution in [0.3, 0.4) is 0 Å². The van der Waals surface area contributed by atoms with E-state index in [-0.39, 0.29) is 0 Å². The third-order valence-corrected chi connectivity index (χ3v) is 5.43. The van der Waals surface area contributed by atoms with Crippen LogP contribution in [0.5, 0.6) is 0 Å². The zero-order valence-corrected chi connectivity index (χ0v) is 9.82. The van der Waals surface area contributed by atoms with Gasteiger partial charge in [0.25, 0.3) is 0 Å². The molecule has 3 atom stereocenters. The van der Waals surface area contributed by atoms with E-state index in [9.17, 15) is 0 Å². The van der Waals surface area contributed by atoms with E-state index in [1.807, 2.05) is 0 Å². The third kappa shape index (κ3) is 1.11. The molecule has 76 valence electrons. The number of hydrogen-bond donors (Lipinski definition) is 0. The molecule has 2 aliphatic rings. The lowest BCUT2D eigenvalue weighted by atomic mass is 9.92. The van der Waals surface area contributed by atoms with Crippen LogP contribution in [0.1, 0.15) is 46.5 Å². The second kappa shape index (κ2) is 2.89. The van der Waals surface area contributed by atoms with Crippen molar-refractivity contribution in [2.45, 2.75) is 46.5 Å². The normalized spacial score (nSPS) is 47.1. The maximum absolute atomic E-state index is 6.04. The van der Waals surface area contributed by atoms with Gasteiger partial charge in [0.2, 0.25) is 0 Å². The van der Waals surface area contributed by atoms with Gasteiger partial charge in [0.05, 0.1) is 0 Å².